The number of nitrogens with one attached hydrogen (secondary N) is 1. The maximum Gasteiger partial charge on any atom is 0.253 e. The van der Waals surface area contributed by atoms with Gasteiger partial charge in [0.2, 0.25) is 0 Å². The van der Waals surface area contributed by atoms with Gasteiger partial charge < -0.3 is 9.88 Å². The Morgan fingerprint density at radius 3 is 2.56 bits per heavy atom. The van der Waals surface area contributed by atoms with Crippen LogP contribution >= 0.6 is 35.0 Å². The highest BCUT2D eigenvalue weighted by atomic mass is 35.5. The first-order chi connectivity index (χ1) is 13.1. The molecule has 1 N–H and O–H groups in total. The molecule has 0 aliphatic heterocycles. The molecule has 0 saturated heterocycles. The average molecular weight is 421 g/mol. The highest BCUT2D eigenvalue weighted by Gasteiger charge is 2.14. The number of rotatable bonds is 7. The fraction of sp³-hybridized carbons (Fsp3) is 0.211. The van der Waals surface area contributed by atoms with Crippen molar-refractivity contribution in [1.29, 1.82) is 0 Å². The highest BCUT2D eigenvalue weighted by molar-refractivity contribution is 7.98. The molecule has 0 saturated carbocycles. The zero-order chi connectivity index (χ0) is 19.2. The van der Waals surface area contributed by atoms with Gasteiger partial charge in [0, 0.05) is 17.3 Å². The number of hydrogen-bond acceptors (Lipinski definition) is 4. The van der Waals surface area contributed by atoms with Gasteiger partial charge >= 0.3 is 0 Å². The fourth-order valence-electron chi connectivity index (χ4n) is 2.50. The van der Waals surface area contributed by atoms with E-state index < -0.39 is 0 Å². The Labute approximate surface area is 172 Å². The van der Waals surface area contributed by atoms with E-state index in [0.717, 1.165) is 21.5 Å². The monoisotopic (exact) mass is 420 g/mol. The topological polar surface area (TPSA) is 59.8 Å². The second kappa shape index (κ2) is 9.26. The Kier molecular flexibility index (Phi) is 6.77. The van der Waals surface area contributed by atoms with Gasteiger partial charge in [0.1, 0.15) is 0 Å². The smallest absolute Gasteiger partial charge is 0.253 e. The summed E-state index contributed by atoms with van der Waals surface area (Å²) in [6.45, 7) is 3.02. The first-order valence-corrected chi connectivity index (χ1v) is 10.1. The van der Waals surface area contributed by atoms with Crippen LogP contribution in [0.1, 0.15) is 28.7 Å². The van der Waals surface area contributed by atoms with E-state index in [2.05, 4.69) is 15.5 Å². The van der Waals surface area contributed by atoms with Crippen molar-refractivity contribution in [3.63, 3.8) is 0 Å². The van der Waals surface area contributed by atoms with Crippen molar-refractivity contribution in [2.45, 2.75) is 30.9 Å². The zero-order valence-electron chi connectivity index (χ0n) is 14.7. The summed E-state index contributed by atoms with van der Waals surface area (Å²) >= 11 is 13.6. The predicted molar refractivity (Wildman–Crippen MR) is 109 cm³/mol. The molecule has 27 heavy (non-hydrogen) atoms. The van der Waals surface area contributed by atoms with E-state index in [1.807, 2.05) is 35.8 Å². The van der Waals surface area contributed by atoms with Gasteiger partial charge in [0.25, 0.3) is 5.91 Å². The van der Waals surface area contributed by atoms with Crippen molar-refractivity contribution in [1.82, 2.24) is 20.1 Å². The Bertz CT molecular complexity index is 928. The molecular formula is C19H18Cl2N4OS. The summed E-state index contributed by atoms with van der Waals surface area (Å²) in [5.74, 6) is 1.24. The molecule has 0 unspecified atom stereocenters. The summed E-state index contributed by atoms with van der Waals surface area (Å²) in [6.07, 6.45) is 0. The van der Waals surface area contributed by atoms with E-state index in [4.69, 9.17) is 23.2 Å². The molecule has 2 aromatic carbocycles. The van der Waals surface area contributed by atoms with E-state index in [9.17, 15) is 4.79 Å². The molecule has 0 aliphatic carbocycles. The summed E-state index contributed by atoms with van der Waals surface area (Å²) in [5, 5.41) is 13.3. The molecule has 0 atom stereocenters. The molecular weight excluding hydrogens is 403 g/mol. The van der Waals surface area contributed by atoms with Crippen molar-refractivity contribution >= 4 is 40.9 Å². The summed E-state index contributed by atoms with van der Waals surface area (Å²) < 4.78 is 1.99. The van der Waals surface area contributed by atoms with Crippen molar-refractivity contribution < 1.29 is 4.79 Å². The molecule has 3 aromatic rings. The van der Waals surface area contributed by atoms with Crippen LogP contribution in [-0.2, 0) is 18.8 Å². The molecule has 8 heteroatoms. The lowest BCUT2D eigenvalue weighted by atomic mass is 10.2. The second-order valence-electron chi connectivity index (χ2n) is 5.72. The maximum atomic E-state index is 12.3. The Morgan fingerprint density at radius 1 is 1.11 bits per heavy atom. The molecule has 0 fully saturated rings. The van der Waals surface area contributed by atoms with E-state index in [1.54, 1.807) is 36.0 Å². The van der Waals surface area contributed by atoms with E-state index >= 15 is 0 Å². The Hall–Kier alpha value is -2.02. The quantitative estimate of drug-likeness (QED) is 0.556. The van der Waals surface area contributed by atoms with Crippen LogP contribution in [0.15, 0.2) is 53.7 Å². The molecule has 3 rings (SSSR count). The molecule has 1 heterocycles. The van der Waals surface area contributed by atoms with Crippen molar-refractivity contribution in [3.8, 4) is 0 Å². The van der Waals surface area contributed by atoms with Gasteiger partial charge in [-0.2, -0.15) is 0 Å². The van der Waals surface area contributed by atoms with Crippen LogP contribution in [0.5, 0.6) is 0 Å². The summed E-state index contributed by atoms with van der Waals surface area (Å²) in [7, 11) is 0. The fourth-order valence-corrected chi connectivity index (χ4v) is 3.83. The van der Waals surface area contributed by atoms with Crippen LogP contribution in [-0.4, -0.2) is 20.7 Å². The van der Waals surface area contributed by atoms with Crippen LogP contribution < -0.4 is 5.32 Å². The first-order valence-electron chi connectivity index (χ1n) is 8.40. The predicted octanol–water partition coefficient (Wildman–Crippen LogP) is 4.83. The molecule has 1 amide bonds. The minimum atomic E-state index is -0.235. The largest absolute Gasteiger partial charge is 0.345 e. The third-order valence-corrected chi connectivity index (χ3v) is 5.54. The minimum Gasteiger partial charge on any atom is -0.345 e. The Morgan fingerprint density at radius 2 is 1.85 bits per heavy atom. The lowest BCUT2D eigenvalue weighted by molar-refractivity contribution is 0.0949. The molecule has 140 valence electrons. The van der Waals surface area contributed by atoms with Crippen LogP contribution in [0.2, 0.25) is 10.0 Å². The minimum absolute atomic E-state index is 0.235. The Balaban J connectivity index is 1.64. The summed E-state index contributed by atoms with van der Waals surface area (Å²) in [6, 6.07) is 14.7. The number of thioether (sulfide) groups is 1. The number of carbonyl (C=O) groups excluding carboxylic acids is 1. The molecule has 5 nitrogen and oxygen atoms in total. The van der Waals surface area contributed by atoms with E-state index in [1.165, 1.54) is 0 Å². The summed E-state index contributed by atoms with van der Waals surface area (Å²) in [5.41, 5.74) is 1.60. The lowest BCUT2D eigenvalue weighted by Gasteiger charge is -2.09. The van der Waals surface area contributed by atoms with E-state index in [-0.39, 0.29) is 12.5 Å². The lowest BCUT2D eigenvalue weighted by Crippen LogP contribution is -2.25. The third-order valence-electron chi connectivity index (χ3n) is 3.92. The zero-order valence-corrected chi connectivity index (χ0v) is 17.0. The third kappa shape index (κ3) is 5.03. The number of amides is 1. The molecule has 0 aliphatic rings. The van der Waals surface area contributed by atoms with Gasteiger partial charge in [0.05, 0.1) is 17.1 Å². The van der Waals surface area contributed by atoms with Gasteiger partial charge in [-0.3, -0.25) is 4.79 Å². The van der Waals surface area contributed by atoms with Gasteiger partial charge in [0.15, 0.2) is 11.0 Å². The van der Waals surface area contributed by atoms with Crippen LogP contribution in [0.4, 0.5) is 0 Å². The van der Waals surface area contributed by atoms with Crippen molar-refractivity contribution in [2.75, 3.05) is 0 Å². The highest BCUT2D eigenvalue weighted by Crippen LogP contribution is 2.23. The van der Waals surface area contributed by atoms with Crippen LogP contribution in [0.3, 0.4) is 0 Å². The van der Waals surface area contributed by atoms with Gasteiger partial charge in [-0.1, -0.05) is 59.2 Å². The standard InChI is InChI=1S/C19H18Cl2N4OS/c1-2-25-17(11-22-18(26)15-5-3-4-6-16(15)21)23-24-19(25)27-12-13-7-9-14(20)10-8-13/h3-10H,2,11-12H2,1H3,(H,22,26). The molecule has 0 spiro atoms. The van der Waals surface area contributed by atoms with Gasteiger partial charge in [-0.15, -0.1) is 10.2 Å². The number of carbonyl (C=O) groups is 1. The molecule has 0 radical (unpaired) electrons. The van der Waals surface area contributed by atoms with Crippen LogP contribution in [0, 0.1) is 0 Å². The first kappa shape index (κ1) is 19.7. The number of benzene rings is 2. The van der Waals surface area contributed by atoms with Gasteiger partial charge in [-0.05, 0) is 36.8 Å². The SMILES string of the molecule is CCn1c(CNC(=O)c2ccccc2Cl)nnc1SCc1ccc(Cl)cc1. The number of hydrogen-bond donors (Lipinski definition) is 1. The van der Waals surface area contributed by atoms with Gasteiger partial charge in [-0.25, -0.2) is 0 Å². The van der Waals surface area contributed by atoms with Crippen molar-refractivity contribution in [2.24, 2.45) is 0 Å². The maximum absolute atomic E-state index is 12.3. The molecule has 1 aromatic heterocycles. The summed E-state index contributed by atoms with van der Waals surface area (Å²) in [4.78, 5) is 12.3. The number of halogens is 2. The number of aromatic nitrogens is 3. The number of nitrogens with zero attached hydrogens (tertiary/aromatic N) is 3. The average Bonchev–Trinajstić information content (AvgIpc) is 3.08. The normalized spacial score (nSPS) is 10.8. The second-order valence-corrected chi connectivity index (χ2v) is 7.51. The van der Waals surface area contributed by atoms with Crippen molar-refractivity contribution in [3.05, 3.63) is 75.5 Å². The van der Waals surface area contributed by atoms with Crippen LogP contribution in [0.25, 0.3) is 0 Å². The van der Waals surface area contributed by atoms with E-state index in [0.29, 0.717) is 23.0 Å². The molecule has 0 bridgehead atoms.